The molecule has 8 nitrogen and oxygen atoms in total. The number of hydrogen-bond donors (Lipinski definition) is 3. The molecular weight excluding hydrogens is 346 g/mol. The van der Waals surface area contributed by atoms with Gasteiger partial charge >= 0.3 is 0 Å². The highest BCUT2D eigenvalue weighted by Gasteiger charge is 2.10. The fourth-order valence-corrected chi connectivity index (χ4v) is 2.74. The Kier molecular flexibility index (Phi) is 6.70. The van der Waals surface area contributed by atoms with Crippen LogP contribution in [-0.4, -0.2) is 34.0 Å². The van der Waals surface area contributed by atoms with Crippen molar-refractivity contribution in [1.82, 2.24) is 15.1 Å². The van der Waals surface area contributed by atoms with Crippen LogP contribution in [0.2, 0.25) is 0 Å². The maximum Gasteiger partial charge on any atom is 0.251 e. The molecule has 0 aliphatic carbocycles. The minimum Gasteiger partial charge on any atom is -0.352 e. The summed E-state index contributed by atoms with van der Waals surface area (Å²) < 4.78 is 1.91. The average Bonchev–Trinajstić information content (AvgIpc) is 2.87. The number of aryl methyl sites for hydroxylation is 3. The van der Waals surface area contributed by atoms with Gasteiger partial charge in [-0.2, -0.15) is 5.10 Å². The van der Waals surface area contributed by atoms with Crippen molar-refractivity contribution < 1.29 is 14.4 Å². The number of hydrogen-bond acceptors (Lipinski definition) is 4. The normalized spacial score (nSPS) is 10.4. The third-order valence-electron chi connectivity index (χ3n) is 3.77. The summed E-state index contributed by atoms with van der Waals surface area (Å²) in [6, 6.07) is 6.75. The van der Waals surface area contributed by atoms with E-state index in [0.29, 0.717) is 30.0 Å². The van der Waals surface area contributed by atoms with E-state index >= 15 is 0 Å². The summed E-state index contributed by atoms with van der Waals surface area (Å²) in [5, 5.41) is 12.5. The van der Waals surface area contributed by atoms with Crippen LogP contribution in [0, 0.1) is 13.8 Å². The van der Waals surface area contributed by atoms with E-state index in [0.717, 1.165) is 17.8 Å². The van der Waals surface area contributed by atoms with Crippen LogP contribution in [0.4, 0.5) is 11.4 Å². The number of carbonyl (C=O) groups excluding carboxylic acids is 3. The Morgan fingerprint density at radius 1 is 0.963 bits per heavy atom. The fourth-order valence-electron chi connectivity index (χ4n) is 2.74. The summed E-state index contributed by atoms with van der Waals surface area (Å²) in [5.41, 5.74) is 3.30. The van der Waals surface area contributed by atoms with Gasteiger partial charge < -0.3 is 16.0 Å². The Labute approximate surface area is 158 Å². The van der Waals surface area contributed by atoms with E-state index in [1.807, 2.05) is 24.6 Å². The van der Waals surface area contributed by atoms with Crippen LogP contribution in [0.15, 0.2) is 24.3 Å². The summed E-state index contributed by atoms with van der Waals surface area (Å²) in [6.45, 7) is 7.89. The van der Waals surface area contributed by atoms with Crippen LogP contribution in [0.5, 0.6) is 0 Å². The molecule has 1 aromatic heterocycles. The molecule has 3 N–H and O–H groups in total. The van der Waals surface area contributed by atoms with Crippen molar-refractivity contribution in [1.29, 1.82) is 0 Å². The SMILES string of the molecule is CC(=O)Nc1cc(NC(C)=O)cc(C(=O)NCCCn2nc(C)cc2C)c1. The van der Waals surface area contributed by atoms with E-state index < -0.39 is 0 Å². The highest BCUT2D eigenvalue weighted by molar-refractivity contribution is 5.99. The topological polar surface area (TPSA) is 105 Å². The van der Waals surface area contributed by atoms with Crippen molar-refractivity contribution in [3.63, 3.8) is 0 Å². The number of aromatic nitrogens is 2. The molecule has 8 heteroatoms. The molecule has 0 aliphatic rings. The smallest absolute Gasteiger partial charge is 0.251 e. The molecular formula is C19H25N5O3. The zero-order valence-corrected chi connectivity index (χ0v) is 16.0. The molecule has 3 amide bonds. The van der Waals surface area contributed by atoms with Crippen LogP contribution in [0.1, 0.15) is 42.0 Å². The van der Waals surface area contributed by atoms with Gasteiger partial charge in [0, 0.05) is 49.6 Å². The molecule has 0 saturated heterocycles. The molecule has 27 heavy (non-hydrogen) atoms. The molecule has 2 aromatic rings. The Hall–Kier alpha value is -3.16. The molecule has 0 radical (unpaired) electrons. The summed E-state index contributed by atoms with van der Waals surface area (Å²) in [5.74, 6) is -0.792. The van der Waals surface area contributed by atoms with Crippen molar-refractivity contribution in [3.8, 4) is 0 Å². The molecule has 2 rings (SSSR count). The Morgan fingerprint density at radius 3 is 2.04 bits per heavy atom. The zero-order valence-electron chi connectivity index (χ0n) is 16.0. The van der Waals surface area contributed by atoms with Gasteiger partial charge in [0.15, 0.2) is 0 Å². The standard InChI is InChI=1S/C19H25N5O3/c1-12-8-13(2)24(23-12)7-5-6-20-19(27)16-9-17(21-14(3)25)11-18(10-16)22-15(4)26/h8-11H,5-7H2,1-4H3,(H,20,27)(H,21,25)(H,22,26). The van der Waals surface area contributed by atoms with Crippen molar-refractivity contribution in [3.05, 3.63) is 41.2 Å². The third kappa shape index (κ3) is 6.25. The monoisotopic (exact) mass is 371 g/mol. The van der Waals surface area contributed by atoms with Crippen LogP contribution >= 0.6 is 0 Å². The Bertz CT molecular complexity index is 823. The molecule has 0 fully saturated rings. The van der Waals surface area contributed by atoms with Gasteiger partial charge in [0.25, 0.3) is 5.91 Å². The van der Waals surface area contributed by atoms with Crippen LogP contribution in [-0.2, 0) is 16.1 Å². The van der Waals surface area contributed by atoms with Crippen LogP contribution < -0.4 is 16.0 Å². The van der Waals surface area contributed by atoms with E-state index in [1.54, 1.807) is 18.2 Å². The van der Waals surface area contributed by atoms with Crippen LogP contribution in [0.25, 0.3) is 0 Å². The maximum absolute atomic E-state index is 12.4. The fraction of sp³-hybridized carbons (Fsp3) is 0.368. The number of rotatable bonds is 7. The van der Waals surface area contributed by atoms with Gasteiger partial charge in [0.2, 0.25) is 11.8 Å². The quantitative estimate of drug-likeness (QED) is 0.649. The van der Waals surface area contributed by atoms with Gasteiger partial charge in [0.05, 0.1) is 5.69 Å². The Morgan fingerprint density at radius 2 is 1.56 bits per heavy atom. The Balaban J connectivity index is 1.99. The molecule has 1 heterocycles. The maximum atomic E-state index is 12.4. The lowest BCUT2D eigenvalue weighted by Crippen LogP contribution is -2.26. The van der Waals surface area contributed by atoms with Crippen molar-refractivity contribution in [2.75, 3.05) is 17.2 Å². The first-order valence-corrected chi connectivity index (χ1v) is 8.74. The molecule has 0 unspecified atom stereocenters. The average molecular weight is 371 g/mol. The second-order valence-corrected chi connectivity index (χ2v) is 6.42. The van der Waals surface area contributed by atoms with Gasteiger partial charge in [0.1, 0.15) is 0 Å². The molecule has 1 aromatic carbocycles. The van der Waals surface area contributed by atoms with E-state index in [2.05, 4.69) is 21.0 Å². The molecule has 0 atom stereocenters. The molecule has 0 aliphatic heterocycles. The highest BCUT2D eigenvalue weighted by atomic mass is 16.2. The molecule has 0 saturated carbocycles. The van der Waals surface area contributed by atoms with Gasteiger partial charge in [-0.05, 0) is 44.5 Å². The van der Waals surface area contributed by atoms with Gasteiger partial charge in [-0.3, -0.25) is 19.1 Å². The zero-order chi connectivity index (χ0) is 20.0. The van der Waals surface area contributed by atoms with E-state index in [1.165, 1.54) is 13.8 Å². The van der Waals surface area contributed by atoms with Crippen molar-refractivity contribution >= 4 is 29.1 Å². The summed E-state index contributed by atoms with van der Waals surface area (Å²) in [6.07, 6.45) is 0.734. The number of carbonyl (C=O) groups is 3. The number of nitrogens with zero attached hydrogens (tertiary/aromatic N) is 2. The first-order chi connectivity index (χ1) is 12.7. The minimum atomic E-state index is -0.276. The lowest BCUT2D eigenvalue weighted by Gasteiger charge is -2.11. The lowest BCUT2D eigenvalue weighted by atomic mass is 10.1. The van der Waals surface area contributed by atoms with Gasteiger partial charge in [-0.15, -0.1) is 0 Å². The highest BCUT2D eigenvalue weighted by Crippen LogP contribution is 2.19. The second-order valence-electron chi connectivity index (χ2n) is 6.42. The minimum absolute atomic E-state index is 0.258. The molecule has 0 bridgehead atoms. The van der Waals surface area contributed by atoms with Gasteiger partial charge in [-0.1, -0.05) is 0 Å². The molecule has 0 spiro atoms. The number of amides is 3. The third-order valence-corrected chi connectivity index (χ3v) is 3.77. The predicted octanol–water partition coefficient (Wildman–Crippen LogP) is 2.24. The van der Waals surface area contributed by atoms with Crippen LogP contribution in [0.3, 0.4) is 0 Å². The lowest BCUT2D eigenvalue weighted by molar-refractivity contribution is -0.115. The predicted molar refractivity (Wildman–Crippen MR) is 104 cm³/mol. The first kappa shape index (κ1) is 20.2. The molecule has 144 valence electrons. The van der Waals surface area contributed by atoms with E-state index in [4.69, 9.17) is 0 Å². The largest absolute Gasteiger partial charge is 0.352 e. The number of benzene rings is 1. The van der Waals surface area contributed by atoms with Crippen molar-refractivity contribution in [2.45, 2.75) is 40.7 Å². The number of nitrogens with one attached hydrogen (secondary N) is 3. The first-order valence-electron chi connectivity index (χ1n) is 8.74. The van der Waals surface area contributed by atoms with Crippen molar-refractivity contribution in [2.24, 2.45) is 0 Å². The summed E-state index contributed by atoms with van der Waals surface area (Å²) in [7, 11) is 0. The summed E-state index contributed by atoms with van der Waals surface area (Å²) in [4.78, 5) is 35.0. The van der Waals surface area contributed by atoms with E-state index in [9.17, 15) is 14.4 Å². The second kappa shape index (κ2) is 8.98. The van der Waals surface area contributed by atoms with Gasteiger partial charge in [-0.25, -0.2) is 0 Å². The number of anilines is 2. The summed E-state index contributed by atoms with van der Waals surface area (Å²) >= 11 is 0. The van der Waals surface area contributed by atoms with E-state index in [-0.39, 0.29) is 17.7 Å².